The molecular formula is C12H14N4. The maximum atomic E-state index is 7.22. The van der Waals surface area contributed by atoms with Crippen molar-refractivity contribution >= 4 is 5.84 Å². The molecule has 3 N–H and O–H groups in total. The SMILES string of the molecule is Cc1cccc(-n2cc(CC(=N)N)cn2)c1. The molecule has 0 aliphatic carbocycles. The minimum Gasteiger partial charge on any atom is -0.387 e. The van der Waals surface area contributed by atoms with E-state index < -0.39 is 0 Å². The number of benzene rings is 1. The van der Waals surface area contributed by atoms with E-state index in [4.69, 9.17) is 11.1 Å². The average molecular weight is 214 g/mol. The Morgan fingerprint density at radius 2 is 2.31 bits per heavy atom. The lowest BCUT2D eigenvalue weighted by atomic mass is 10.2. The largest absolute Gasteiger partial charge is 0.387 e. The van der Waals surface area contributed by atoms with Crippen LogP contribution in [0.1, 0.15) is 11.1 Å². The third kappa shape index (κ3) is 2.28. The van der Waals surface area contributed by atoms with Gasteiger partial charge in [0.1, 0.15) is 0 Å². The number of amidine groups is 1. The van der Waals surface area contributed by atoms with Crippen molar-refractivity contribution in [3.63, 3.8) is 0 Å². The molecule has 0 saturated carbocycles. The number of rotatable bonds is 3. The Morgan fingerprint density at radius 1 is 1.50 bits per heavy atom. The van der Waals surface area contributed by atoms with Crippen LogP contribution in [0.5, 0.6) is 0 Å². The van der Waals surface area contributed by atoms with E-state index in [2.05, 4.69) is 11.2 Å². The molecule has 1 aromatic heterocycles. The van der Waals surface area contributed by atoms with E-state index in [-0.39, 0.29) is 5.84 Å². The summed E-state index contributed by atoms with van der Waals surface area (Å²) in [5, 5.41) is 11.5. The fourth-order valence-electron chi connectivity index (χ4n) is 1.58. The Kier molecular flexibility index (Phi) is 2.72. The van der Waals surface area contributed by atoms with Gasteiger partial charge in [0, 0.05) is 12.6 Å². The molecule has 2 aromatic rings. The van der Waals surface area contributed by atoms with Crippen molar-refractivity contribution < 1.29 is 0 Å². The van der Waals surface area contributed by atoms with Crippen molar-refractivity contribution in [3.05, 3.63) is 47.8 Å². The van der Waals surface area contributed by atoms with Crippen LogP contribution in [0.4, 0.5) is 0 Å². The first kappa shape index (κ1) is 10.4. The smallest absolute Gasteiger partial charge is 0.0951 e. The highest BCUT2D eigenvalue weighted by Crippen LogP contribution is 2.10. The van der Waals surface area contributed by atoms with E-state index in [1.165, 1.54) is 5.56 Å². The molecule has 4 nitrogen and oxygen atoms in total. The predicted octanol–water partition coefficient (Wildman–Crippen LogP) is 1.66. The standard InChI is InChI=1S/C12H14N4/c1-9-3-2-4-11(5-9)16-8-10(7-15-16)6-12(13)14/h2-5,7-8H,6H2,1H3,(H3,13,14). The summed E-state index contributed by atoms with van der Waals surface area (Å²) in [6.07, 6.45) is 4.09. The lowest BCUT2D eigenvalue weighted by Crippen LogP contribution is -2.12. The Hall–Kier alpha value is -2.10. The summed E-state index contributed by atoms with van der Waals surface area (Å²) in [4.78, 5) is 0. The van der Waals surface area contributed by atoms with E-state index in [1.54, 1.807) is 10.9 Å². The van der Waals surface area contributed by atoms with Gasteiger partial charge in [-0.05, 0) is 30.2 Å². The maximum Gasteiger partial charge on any atom is 0.0951 e. The number of aryl methyl sites for hydroxylation is 1. The highest BCUT2D eigenvalue weighted by atomic mass is 15.3. The van der Waals surface area contributed by atoms with Gasteiger partial charge in [-0.3, -0.25) is 5.41 Å². The number of aromatic nitrogens is 2. The molecule has 82 valence electrons. The predicted molar refractivity (Wildman–Crippen MR) is 63.9 cm³/mol. The zero-order valence-electron chi connectivity index (χ0n) is 9.14. The highest BCUT2D eigenvalue weighted by molar-refractivity contribution is 5.79. The van der Waals surface area contributed by atoms with E-state index in [0.717, 1.165) is 11.3 Å². The Morgan fingerprint density at radius 3 is 3.00 bits per heavy atom. The Bertz CT molecular complexity index is 513. The molecule has 1 aromatic carbocycles. The Labute approximate surface area is 94.2 Å². The molecule has 0 spiro atoms. The van der Waals surface area contributed by atoms with Gasteiger partial charge in [-0.15, -0.1) is 0 Å². The summed E-state index contributed by atoms with van der Waals surface area (Å²) in [5.74, 6) is 0.156. The zero-order chi connectivity index (χ0) is 11.5. The fraction of sp³-hybridized carbons (Fsp3) is 0.167. The molecule has 4 heteroatoms. The first-order valence-electron chi connectivity index (χ1n) is 5.08. The van der Waals surface area contributed by atoms with Gasteiger partial charge in [0.25, 0.3) is 0 Å². The summed E-state index contributed by atoms with van der Waals surface area (Å²) < 4.78 is 1.80. The number of hydrogen-bond donors (Lipinski definition) is 2. The molecule has 0 saturated heterocycles. The van der Waals surface area contributed by atoms with Crippen molar-refractivity contribution in [2.45, 2.75) is 13.3 Å². The summed E-state index contributed by atoms with van der Waals surface area (Å²) in [7, 11) is 0. The molecule has 0 unspecified atom stereocenters. The monoisotopic (exact) mass is 214 g/mol. The van der Waals surface area contributed by atoms with Crippen LogP contribution in [-0.4, -0.2) is 15.6 Å². The van der Waals surface area contributed by atoms with E-state index in [1.807, 2.05) is 31.3 Å². The molecule has 0 amide bonds. The molecule has 0 aliphatic heterocycles. The minimum absolute atomic E-state index is 0.156. The second kappa shape index (κ2) is 4.18. The minimum atomic E-state index is 0.156. The summed E-state index contributed by atoms with van der Waals surface area (Å²) >= 11 is 0. The van der Waals surface area contributed by atoms with Gasteiger partial charge in [0.05, 0.1) is 17.7 Å². The Balaban J connectivity index is 2.28. The van der Waals surface area contributed by atoms with Crippen LogP contribution in [0.15, 0.2) is 36.7 Å². The quantitative estimate of drug-likeness (QED) is 0.602. The van der Waals surface area contributed by atoms with Crippen LogP contribution in [0, 0.1) is 12.3 Å². The molecule has 16 heavy (non-hydrogen) atoms. The molecule has 0 aliphatic rings. The van der Waals surface area contributed by atoms with Crippen molar-refractivity contribution in [2.75, 3.05) is 0 Å². The summed E-state index contributed by atoms with van der Waals surface area (Å²) in [6, 6.07) is 8.10. The van der Waals surface area contributed by atoms with E-state index in [9.17, 15) is 0 Å². The van der Waals surface area contributed by atoms with Crippen molar-refractivity contribution in [1.82, 2.24) is 9.78 Å². The summed E-state index contributed by atoms with van der Waals surface area (Å²) in [5.41, 5.74) is 8.51. The van der Waals surface area contributed by atoms with Gasteiger partial charge >= 0.3 is 0 Å². The van der Waals surface area contributed by atoms with Crippen LogP contribution >= 0.6 is 0 Å². The maximum absolute atomic E-state index is 7.22. The molecule has 2 rings (SSSR count). The number of hydrogen-bond acceptors (Lipinski definition) is 2. The molecule has 0 bridgehead atoms. The van der Waals surface area contributed by atoms with E-state index >= 15 is 0 Å². The van der Waals surface area contributed by atoms with Crippen LogP contribution in [-0.2, 0) is 6.42 Å². The molecule has 0 atom stereocenters. The number of nitrogens with zero attached hydrogens (tertiary/aromatic N) is 2. The lowest BCUT2D eigenvalue weighted by molar-refractivity contribution is 0.879. The molecule has 0 fully saturated rings. The van der Waals surface area contributed by atoms with Gasteiger partial charge in [0.15, 0.2) is 0 Å². The van der Waals surface area contributed by atoms with Crippen LogP contribution in [0.25, 0.3) is 5.69 Å². The zero-order valence-corrected chi connectivity index (χ0v) is 9.14. The van der Waals surface area contributed by atoms with Gasteiger partial charge in [-0.25, -0.2) is 4.68 Å². The number of nitrogens with one attached hydrogen (secondary N) is 1. The van der Waals surface area contributed by atoms with Gasteiger partial charge in [0.2, 0.25) is 0 Å². The highest BCUT2D eigenvalue weighted by Gasteiger charge is 2.02. The molecule has 0 radical (unpaired) electrons. The van der Waals surface area contributed by atoms with Gasteiger partial charge < -0.3 is 5.73 Å². The molecule has 1 heterocycles. The van der Waals surface area contributed by atoms with Crippen molar-refractivity contribution in [3.8, 4) is 5.69 Å². The fourth-order valence-corrected chi connectivity index (χ4v) is 1.58. The number of nitrogens with two attached hydrogens (primary N) is 1. The van der Waals surface area contributed by atoms with E-state index in [0.29, 0.717) is 6.42 Å². The van der Waals surface area contributed by atoms with Crippen LogP contribution in [0.3, 0.4) is 0 Å². The van der Waals surface area contributed by atoms with Crippen LogP contribution in [0.2, 0.25) is 0 Å². The first-order valence-corrected chi connectivity index (χ1v) is 5.08. The molecular weight excluding hydrogens is 200 g/mol. The lowest BCUT2D eigenvalue weighted by Gasteiger charge is -2.01. The van der Waals surface area contributed by atoms with Crippen LogP contribution < -0.4 is 5.73 Å². The average Bonchev–Trinajstić information content (AvgIpc) is 2.65. The second-order valence-corrected chi connectivity index (χ2v) is 3.83. The topological polar surface area (TPSA) is 67.7 Å². The third-order valence-electron chi connectivity index (χ3n) is 2.30. The first-order chi connectivity index (χ1) is 7.65. The van der Waals surface area contributed by atoms with Gasteiger partial charge in [-0.1, -0.05) is 12.1 Å². The van der Waals surface area contributed by atoms with Crippen molar-refractivity contribution in [2.24, 2.45) is 5.73 Å². The van der Waals surface area contributed by atoms with Crippen molar-refractivity contribution in [1.29, 1.82) is 5.41 Å². The summed E-state index contributed by atoms with van der Waals surface area (Å²) in [6.45, 7) is 2.05. The third-order valence-corrected chi connectivity index (χ3v) is 2.30. The second-order valence-electron chi connectivity index (χ2n) is 3.83. The van der Waals surface area contributed by atoms with Gasteiger partial charge in [-0.2, -0.15) is 5.10 Å². The normalized spacial score (nSPS) is 10.3.